The third kappa shape index (κ3) is 3.91. The number of carboxylic acid groups (broad SMARTS) is 1. The lowest BCUT2D eigenvalue weighted by Gasteiger charge is -2.13. The highest BCUT2D eigenvalue weighted by molar-refractivity contribution is 5.64. The summed E-state index contributed by atoms with van der Waals surface area (Å²) >= 11 is 0. The van der Waals surface area contributed by atoms with Gasteiger partial charge in [0.1, 0.15) is 12.2 Å². The fourth-order valence-corrected chi connectivity index (χ4v) is 0.947. The Morgan fingerprint density at radius 1 is 1.92 bits per heavy atom. The smallest absolute Gasteiger partial charge is 0.404 e. The van der Waals surface area contributed by atoms with Crippen LogP contribution in [0, 0.1) is 0 Å². The van der Waals surface area contributed by atoms with Crippen molar-refractivity contribution in [3.8, 4) is 0 Å². The van der Waals surface area contributed by atoms with Gasteiger partial charge in [0.15, 0.2) is 0 Å². The molecule has 1 amide bonds. The Labute approximate surface area is 76.3 Å². The number of hydrogen-bond acceptors (Lipinski definition) is 3. The van der Waals surface area contributed by atoms with Crippen LogP contribution in [0.1, 0.15) is 0 Å². The maximum atomic E-state index is 10.2. The fraction of sp³-hybridized carbons (Fsp3) is 0.625. The van der Waals surface area contributed by atoms with Gasteiger partial charge in [-0.1, -0.05) is 6.08 Å². The molecular formula is C8H13NO4. The molecule has 0 saturated carbocycles. The molecule has 74 valence electrons. The average Bonchev–Trinajstić information content (AvgIpc) is 2.87. The van der Waals surface area contributed by atoms with Gasteiger partial charge < -0.3 is 19.9 Å². The highest BCUT2D eigenvalue weighted by Crippen LogP contribution is 2.16. The summed E-state index contributed by atoms with van der Waals surface area (Å²) in [5, 5.41) is 10.6. The molecule has 0 spiro atoms. The average molecular weight is 187 g/mol. The molecule has 1 fully saturated rings. The molecule has 0 aromatic rings. The number of nitrogens with one attached hydrogen (secondary N) is 1. The summed E-state index contributed by atoms with van der Waals surface area (Å²) in [5.41, 5.74) is 0. The summed E-state index contributed by atoms with van der Waals surface area (Å²) in [6.45, 7) is 4.81. The van der Waals surface area contributed by atoms with E-state index in [2.05, 4.69) is 11.9 Å². The highest BCUT2D eigenvalue weighted by atomic mass is 16.6. The van der Waals surface area contributed by atoms with Crippen LogP contribution in [0.5, 0.6) is 0 Å². The Morgan fingerprint density at radius 2 is 2.62 bits per heavy atom. The van der Waals surface area contributed by atoms with E-state index in [4.69, 9.17) is 14.6 Å². The molecule has 1 aliphatic rings. The number of hydrogen-bond donors (Lipinski definition) is 2. The van der Waals surface area contributed by atoms with Crippen molar-refractivity contribution < 1.29 is 19.4 Å². The second kappa shape index (κ2) is 4.84. The van der Waals surface area contributed by atoms with Gasteiger partial charge >= 0.3 is 6.09 Å². The van der Waals surface area contributed by atoms with Gasteiger partial charge in [-0.3, -0.25) is 0 Å². The summed E-state index contributed by atoms with van der Waals surface area (Å²) in [6, 6.07) is 0. The monoisotopic (exact) mass is 187 g/mol. The van der Waals surface area contributed by atoms with Gasteiger partial charge in [-0.15, -0.1) is 6.58 Å². The topological polar surface area (TPSA) is 71.1 Å². The molecule has 1 saturated heterocycles. The van der Waals surface area contributed by atoms with E-state index < -0.39 is 6.09 Å². The van der Waals surface area contributed by atoms with Crippen LogP contribution in [0.3, 0.4) is 0 Å². The molecule has 2 atom stereocenters. The van der Waals surface area contributed by atoms with Gasteiger partial charge in [0.05, 0.1) is 13.2 Å². The second-order valence-electron chi connectivity index (χ2n) is 2.72. The van der Waals surface area contributed by atoms with Crippen LogP contribution in [0.2, 0.25) is 0 Å². The molecule has 13 heavy (non-hydrogen) atoms. The van der Waals surface area contributed by atoms with Crippen LogP contribution in [0.4, 0.5) is 4.79 Å². The van der Waals surface area contributed by atoms with Crippen molar-refractivity contribution in [3.05, 3.63) is 12.7 Å². The number of rotatable bonds is 6. The summed E-state index contributed by atoms with van der Waals surface area (Å²) in [6.07, 6.45) is 0.407. The van der Waals surface area contributed by atoms with E-state index >= 15 is 0 Å². The molecule has 2 N–H and O–H groups in total. The Morgan fingerprint density at radius 3 is 3.08 bits per heavy atom. The number of amides is 1. The van der Waals surface area contributed by atoms with Crippen LogP contribution < -0.4 is 5.32 Å². The minimum atomic E-state index is -1.05. The van der Waals surface area contributed by atoms with Crippen molar-refractivity contribution in [2.24, 2.45) is 0 Å². The maximum absolute atomic E-state index is 10.2. The maximum Gasteiger partial charge on any atom is 0.404 e. The van der Waals surface area contributed by atoms with Gasteiger partial charge in [-0.25, -0.2) is 4.79 Å². The standard InChI is InChI=1S/C8H13NO4/c1-2-3-12-6(7-5-13-7)4-9-8(10)11/h2,6-7,9H,1,3-5H2,(H,10,11)/t6-,7-/m0/s1. The van der Waals surface area contributed by atoms with Crippen molar-refractivity contribution in [3.63, 3.8) is 0 Å². The molecule has 0 unspecified atom stereocenters. The zero-order chi connectivity index (χ0) is 9.68. The van der Waals surface area contributed by atoms with E-state index in [1.54, 1.807) is 6.08 Å². The first-order valence-corrected chi connectivity index (χ1v) is 4.05. The minimum Gasteiger partial charge on any atom is -0.465 e. The van der Waals surface area contributed by atoms with Gasteiger partial charge in [0.25, 0.3) is 0 Å². The first-order valence-electron chi connectivity index (χ1n) is 4.05. The van der Waals surface area contributed by atoms with Crippen LogP contribution in [-0.2, 0) is 9.47 Å². The summed E-state index contributed by atoms with van der Waals surface area (Å²) in [4.78, 5) is 10.2. The lowest BCUT2D eigenvalue weighted by atomic mass is 10.2. The van der Waals surface area contributed by atoms with Crippen molar-refractivity contribution in [1.82, 2.24) is 5.32 Å². The Kier molecular flexibility index (Phi) is 3.72. The van der Waals surface area contributed by atoms with Crippen molar-refractivity contribution in [2.45, 2.75) is 12.2 Å². The Bertz CT molecular complexity index is 191. The SMILES string of the molecule is C=CCO[C@@H](CNC(=O)O)[C@@H]1CO1. The molecule has 0 aliphatic carbocycles. The molecule has 0 bridgehead atoms. The van der Waals surface area contributed by atoms with E-state index in [0.29, 0.717) is 13.2 Å². The summed E-state index contributed by atoms with van der Waals surface area (Å²) < 4.78 is 10.3. The first kappa shape index (κ1) is 10.0. The van der Waals surface area contributed by atoms with Crippen LogP contribution in [0.25, 0.3) is 0 Å². The van der Waals surface area contributed by atoms with Gasteiger partial charge in [0.2, 0.25) is 0 Å². The molecule has 0 radical (unpaired) electrons. The van der Waals surface area contributed by atoms with Crippen LogP contribution in [0.15, 0.2) is 12.7 Å². The Balaban J connectivity index is 2.20. The second-order valence-corrected chi connectivity index (χ2v) is 2.72. The normalized spacial score (nSPS) is 22.0. The van der Waals surface area contributed by atoms with Crippen LogP contribution >= 0.6 is 0 Å². The van der Waals surface area contributed by atoms with E-state index in [0.717, 1.165) is 0 Å². The fourth-order valence-electron chi connectivity index (χ4n) is 0.947. The van der Waals surface area contributed by atoms with E-state index in [9.17, 15) is 4.79 Å². The van der Waals surface area contributed by atoms with Crippen molar-refractivity contribution in [1.29, 1.82) is 0 Å². The molecule has 1 rings (SSSR count). The van der Waals surface area contributed by atoms with Crippen LogP contribution in [-0.4, -0.2) is 43.2 Å². The summed E-state index contributed by atoms with van der Waals surface area (Å²) in [5.74, 6) is 0. The third-order valence-electron chi connectivity index (χ3n) is 1.66. The first-order chi connectivity index (χ1) is 6.24. The highest BCUT2D eigenvalue weighted by Gasteiger charge is 2.33. The lowest BCUT2D eigenvalue weighted by Crippen LogP contribution is -2.36. The number of epoxide rings is 1. The van der Waals surface area contributed by atoms with Crippen molar-refractivity contribution in [2.75, 3.05) is 19.8 Å². The quantitative estimate of drug-likeness (QED) is 0.461. The zero-order valence-electron chi connectivity index (χ0n) is 7.23. The lowest BCUT2D eigenvalue weighted by molar-refractivity contribution is 0.0518. The van der Waals surface area contributed by atoms with E-state index in [-0.39, 0.29) is 18.8 Å². The number of ether oxygens (including phenoxy) is 2. The minimum absolute atomic E-state index is 0.0341. The van der Waals surface area contributed by atoms with E-state index in [1.165, 1.54) is 0 Å². The summed E-state index contributed by atoms with van der Waals surface area (Å²) in [7, 11) is 0. The largest absolute Gasteiger partial charge is 0.465 e. The predicted octanol–water partition coefficient (Wildman–Crippen LogP) is 0.224. The van der Waals surface area contributed by atoms with Gasteiger partial charge in [0, 0.05) is 6.54 Å². The molecule has 1 aliphatic heterocycles. The molecule has 5 nitrogen and oxygen atoms in total. The Hall–Kier alpha value is -1.07. The number of carbonyl (C=O) groups is 1. The zero-order valence-corrected chi connectivity index (χ0v) is 7.23. The van der Waals surface area contributed by atoms with Gasteiger partial charge in [-0.2, -0.15) is 0 Å². The predicted molar refractivity (Wildman–Crippen MR) is 45.7 cm³/mol. The molecule has 1 heterocycles. The van der Waals surface area contributed by atoms with Gasteiger partial charge in [-0.05, 0) is 0 Å². The molecule has 5 heteroatoms. The third-order valence-corrected chi connectivity index (χ3v) is 1.66. The molecular weight excluding hydrogens is 174 g/mol. The molecule has 0 aromatic heterocycles. The van der Waals surface area contributed by atoms with Crippen molar-refractivity contribution >= 4 is 6.09 Å². The van der Waals surface area contributed by atoms with E-state index in [1.807, 2.05) is 0 Å². The molecule has 0 aromatic carbocycles.